The maximum Gasteiger partial charge on any atom is 0.263 e. The summed E-state index contributed by atoms with van der Waals surface area (Å²) in [6.07, 6.45) is 1.66. The van der Waals surface area contributed by atoms with Crippen LogP contribution in [0.1, 0.15) is 0 Å². The molecule has 4 nitrogen and oxygen atoms in total. The standard InChI is InChI=1S/C13H9Cl2IN2O2/c14-8-1-3-11(10(15)5-8)20-7-13(19)18-12-4-2-9(16)6-17-12/h1-6H,7H2,(H,17,18,19). The lowest BCUT2D eigenvalue weighted by Crippen LogP contribution is -2.20. The monoisotopic (exact) mass is 422 g/mol. The average Bonchev–Trinajstić information content (AvgIpc) is 2.40. The second-order valence-electron chi connectivity index (χ2n) is 3.77. The summed E-state index contributed by atoms with van der Waals surface area (Å²) in [7, 11) is 0. The fraction of sp³-hybridized carbons (Fsp3) is 0.0769. The Labute approximate surface area is 139 Å². The number of ether oxygens (including phenoxy) is 1. The number of nitrogens with one attached hydrogen (secondary N) is 1. The smallest absolute Gasteiger partial charge is 0.263 e. The van der Waals surface area contributed by atoms with Crippen molar-refractivity contribution in [2.75, 3.05) is 11.9 Å². The molecule has 1 aromatic heterocycles. The van der Waals surface area contributed by atoms with Gasteiger partial charge in [0.2, 0.25) is 0 Å². The Morgan fingerprint density at radius 1 is 1.30 bits per heavy atom. The van der Waals surface area contributed by atoms with E-state index in [4.69, 9.17) is 27.9 Å². The number of hydrogen-bond acceptors (Lipinski definition) is 3. The number of carbonyl (C=O) groups is 1. The highest BCUT2D eigenvalue weighted by Crippen LogP contribution is 2.27. The summed E-state index contributed by atoms with van der Waals surface area (Å²) >= 11 is 13.8. The molecule has 0 atom stereocenters. The number of pyridine rings is 1. The summed E-state index contributed by atoms with van der Waals surface area (Å²) in [6.45, 7) is -0.158. The van der Waals surface area contributed by atoms with Crippen molar-refractivity contribution in [3.8, 4) is 5.75 Å². The van der Waals surface area contributed by atoms with Gasteiger partial charge in [-0.25, -0.2) is 4.98 Å². The third-order valence-electron chi connectivity index (χ3n) is 2.25. The first-order valence-corrected chi connectivity index (χ1v) is 7.37. The van der Waals surface area contributed by atoms with Crippen LogP contribution in [0.2, 0.25) is 10.0 Å². The van der Waals surface area contributed by atoms with Crippen molar-refractivity contribution < 1.29 is 9.53 Å². The van der Waals surface area contributed by atoms with E-state index in [0.29, 0.717) is 21.6 Å². The molecular weight excluding hydrogens is 414 g/mol. The van der Waals surface area contributed by atoms with Gasteiger partial charge < -0.3 is 10.1 Å². The Balaban J connectivity index is 1.90. The van der Waals surface area contributed by atoms with Crippen molar-refractivity contribution in [2.24, 2.45) is 0 Å². The summed E-state index contributed by atoms with van der Waals surface area (Å²) in [5.74, 6) is 0.563. The van der Waals surface area contributed by atoms with E-state index < -0.39 is 0 Å². The van der Waals surface area contributed by atoms with Crippen LogP contribution in [-0.2, 0) is 4.79 Å². The minimum Gasteiger partial charge on any atom is -0.482 e. The zero-order chi connectivity index (χ0) is 14.5. The first-order valence-electron chi connectivity index (χ1n) is 5.54. The third-order valence-corrected chi connectivity index (χ3v) is 3.42. The van der Waals surface area contributed by atoms with Gasteiger partial charge in [-0.2, -0.15) is 0 Å². The van der Waals surface area contributed by atoms with Crippen LogP contribution < -0.4 is 10.1 Å². The molecule has 7 heteroatoms. The molecule has 1 N–H and O–H groups in total. The molecule has 1 amide bonds. The quantitative estimate of drug-likeness (QED) is 0.757. The van der Waals surface area contributed by atoms with Gasteiger partial charge in [0, 0.05) is 14.8 Å². The number of rotatable bonds is 4. The maximum atomic E-state index is 11.7. The number of amides is 1. The van der Waals surface area contributed by atoms with Gasteiger partial charge in [-0.3, -0.25) is 4.79 Å². The number of nitrogens with zero attached hydrogens (tertiary/aromatic N) is 1. The zero-order valence-corrected chi connectivity index (χ0v) is 13.7. The molecule has 0 aliphatic carbocycles. The van der Waals surface area contributed by atoms with E-state index in [2.05, 4.69) is 32.9 Å². The van der Waals surface area contributed by atoms with Gasteiger partial charge in [0.15, 0.2) is 6.61 Å². The molecule has 1 aromatic carbocycles. The summed E-state index contributed by atoms with van der Waals surface area (Å²) in [6, 6.07) is 8.37. The molecule has 0 saturated carbocycles. The lowest BCUT2D eigenvalue weighted by Gasteiger charge is -2.08. The summed E-state index contributed by atoms with van der Waals surface area (Å²) in [4.78, 5) is 15.8. The largest absolute Gasteiger partial charge is 0.482 e. The van der Waals surface area contributed by atoms with Crippen LogP contribution in [0.3, 0.4) is 0 Å². The number of hydrogen-bond donors (Lipinski definition) is 1. The highest BCUT2D eigenvalue weighted by atomic mass is 127. The van der Waals surface area contributed by atoms with E-state index in [1.165, 1.54) is 0 Å². The summed E-state index contributed by atoms with van der Waals surface area (Å²) in [5, 5.41) is 3.49. The van der Waals surface area contributed by atoms with E-state index in [-0.39, 0.29) is 12.5 Å². The Hall–Kier alpha value is -1.05. The predicted octanol–water partition coefficient (Wildman–Crippen LogP) is 4.01. The molecule has 20 heavy (non-hydrogen) atoms. The van der Waals surface area contributed by atoms with Gasteiger partial charge in [-0.1, -0.05) is 23.2 Å². The second-order valence-corrected chi connectivity index (χ2v) is 5.86. The van der Waals surface area contributed by atoms with Crippen molar-refractivity contribution in [3.63, 3.8) is 0 Å². The Bertz CT molecular complexity index is 620. The Morgan fingerprint density at radius 3 is 2.75 bits per heavy atom. The highest BCUT2D eigenvalue weighted by Gasteiger charge is 2.07. The van der Waals surface area contributed by atoms with Crippen molar-refractivity contribution in [3.05, 3.63) is 50.1 Å². The molecule has 0 radical (unpaired) electrons. The SMILES string of the molecule is O=C(COc1ccc(Cl)cc1Cl)Nc1ccc(I)cn1. The fourth-order valence-electron chi connectivity index (χ4n) is 1.36. The van der Waals surface area contributed by atoms with Crippen molar-refractivity contribution in [1.82, 2.24) is 4.98 Å². The highest BCUT2D eigenvalue weighted by molar-refractivity contribution is 14.1. The van der Waals surface area contributed by atoms with Crippen LogP contribution in [0.25, 0.3) is 0 Å². The molecule has 0 bridgehead atoms. The topological polar surface area (TPSA) is 51.2 Å². The summed E-state index contributed by atoms with van der Waals surface area (Å²) < 4.78 is 6.31. The van der Waals surface area contributed by atoms with E-state index in [9.17, 15) is 4.79 Å². The van der Waals surface area contributed by atoms with E-state index in [0.717, 1.165) is 3.57 Å². The molecular formula is C13H9Cl2IN2O2. The van der Waals surface area contributed by atoms with Crippen LogP contribution in [-0.4, -0.2) is 17.5 Å². The molecule has 0 saturated heterocycles. The minimum atomic E-state index is -0.315. The molecule has 0 unspecified atom stereocenters. The molecule has 0 fully saturated rings. The maximum absolute atomic E-state index is 11.7. The molecule has 2 aromatic rings. The molecule has 0 aliphatic heterocycles. The number of benzene rings is 1. The fourth-order valence-corrected chi connectivity index (χ4v) is 2.15. The normalized spacial score (nSPS) is 10.2. The zero-order valence-electron chi connectivity index (χ0n) is 10.1. The van der Waals surface area contributed by atoms with Gasteiger partial charge in [-0.15, -0.1) is 0 Å². The second kappa shape index (κ2) is 7.10. The molecule has 2 rings (SSSR count). The van der Waals surface area contributed by atoms with Crippen molar-refractivity contribution in [1.29, 1.82) is 0 Å². The van der Waals surface area contributed by atoms with Crippen LogP contribution in [0.4, 0.5) is 5.82 Å². The minimum absolute atomic E-state index is 0.158. The van der Waals surface area contributed by atoms with Gasteiger partial charge in [-0.05, 0) is 52.9 Å². The number of aromatic nitrogens is 1. The van der Waals surface area contributed by atoms with E-state index in [1.54, 1.807) is 30.5 Å². The van der Waals surface area contributed by atoms with Crippen LogP contribution >= 0.6 is 45.8 Å². The molecule has 104 valence electrons. The summed E-state index contributed by atoms with van der Waals surface area (Å²) in [5.41, 5.74) is 0. The van der Waals surface area contributed by atoms with Crippen LogP contribution in [0, 0.1) is 3.57 Å². The van der Waals surface area contributed by atoms with E-state index >= 15 is 0 Å². The van der Waals surface area contributed by atoms with Gasteiger partial charge in [0.1, 0.15) is 11.6 Å². The van der Waals surface area contributed by atoms with Crippen molar-refractivity contribution >= 4 is 57.5 Å². The van der Waals surface area contributed by atoms with E-state index in [1.807, 2.05) is 6.07 Å². The van der Waals surface area contributed by atoms with Crippen molar-refractivity contribution in [2.45, 2.75) is 0 Å². The third kappa shape index (κ3) is 4.50. The number of halogens is 3. The lowest BCUT2D eigenvalue weighted by molar-refractivity contribution is -0.118. The predicted molar refractivity (Wildman–Crippen MR) is 87.5 cm³/mol. The first-order chi connectivity index (χ1) is 9.54. The number of anilines is 1. The van der Waals surface area contributed by atoms with Crippen LogP contribution in [0.5, 0.6) is 5.75 Å². The van der Waals surface area contributed by atoms with Gasteiger partial charge >= 0.3 is 0 Å². The molecule has 0 aliphatic rings. The van der Waals surface area contributed by atoms with Gasteiger partial charge in [0.05, 0.1) is 5.02 Å². The average molecular weight is 423 g/mol. The molecule has 1 heterocycles. The Kier molecular flexibility index (Phi) is 5.45. The first kappa shape index (κ1) is 15.3. The van der Waals surface area contributed by atoms with Crippen LogP contribution in [0.15, 0.2) is 36.5 Å². The van der Waals surface area contributed by atoms with Gasteiger partial charge in [0.25, 0.3) is 5.91 Å². The number of carbonyl (C=O) groups excluding carboxylic acids is 1. The molecule has 0 spiro atoms. The lowest BCUT2D eigenvalue weighted by atomic mass is 10.3. The Morgan fingerprint density at radius 2 is 2.10 bits per heavy atom.